The van der Waals surface area contributed by atoms with Crippen LogP contribution in [0.3, 0.4) is 0 Å². The summed E-state index contributed by atoms with van der Waals surface area (Å²) in [5, 5.41) is 45.0. The number of aliphatic imine (C=N–C) groups is 1. The molecule has 0 spiro atoms. The number of aliphatic hydroxyl groups is 2. The van der Waals surface area contributed by atoms with E-state index < -0.39 is 82.6 Å². The van der Waals surface area contributed by atoms with Crippen LogP contribution in [-0.4, -0.2) is 100 Å². The number of carbonyl (C=O) groups is 3. The predicted octanol–water partition coefficient (Wildman–Crippen LogP) is 1.66. The monoisotopic (exact) mass is 582 g/mol. The summed E-state index contributed by atoms with van der Waals surface area (Å²) in [6.45, 7) is 2.84. The maximum absolute atomic E-state index is 13.8. The van der Waals surface area contributed by atoms with E-state index in [4.69, 9.17) is 14.2 Å². The van der Waals surface area contributed by atoms with Gasteiger partial charge in [0.15, 0.2) is 17.9 Å². The number of hydrogen-bond acceptors (Lipinski definition) is 11. The molecule has 0 aromatic heterocycles. The fourth-order valence-corrected chi connectivity index (χ4v) is 5.97. The van der Waals surface area contributed by atoms with Crippen molar-refractivity contribution in [3.63, 3.8) is 0 Å². The Labute approximate surface area is 242 Å². The number of benzene rings is 2. The number of phenols is 2. The van der Waals surface area contributed by atoms with Gasteiger partial charge in [0.05, 0.1) is 48.4 Å². The van der Waals surface area contributed by atoms with Crippen molar-refractivity contribution >= 4 is 23.7 Å². The number of aliphatic hydroxyl groups excluding tert-OH is 1. The molecule has 5 rings (SSSR count). The van der Waals surface area contributed by atoms with Crippen LogP contribution < -0.4 is 4.74 Å². The number of methoxy groups -OCH3 is 1. The third-order valence-corrected chi connectivity index (χ3v) is 8.21. The number of carbonyl (C=O) groups excluding carboxylic acids is 3. The molecule has 1 aliphatic heterocycles. The molecular formula is C30H34N2O10. The normalized spacial score (nSPS) is 28.7. The fourth-order valence-electron chi connectivity index (χ4n) is 5.97. The highest BCUT2D eigenvalue weighted by molar-refractivity contribution is 6.31. The van der Waals surface area contributed by atoms with Gasteiger partial charge in [-0.2, -0.15) is 0 Å². The fraction of sp³-hybridized carbons (Fsp3) is 0.467. The molecule has 0 amide bonds. The van der Waals surface area contributed by atoms with Crippen LogP contribution in [0.2, 0.25) is 0 Å². The molecule has 3 aliphatic rings. The molecule has 4 N–H and O–H groups in total. The third kappa shape index (κ3) is 4.74. The number of hydrogen-bond donors (Lipinski definition) is 4. The first-order chi connectivity index (χ1) is 19.8. The Morgan fingerprint density at radius 3 is 2.48 bits per heavy atom. The molecule has 12 nitrogen and oxygen atoms in total. The summed E-state index contributed by atoms with van der Waals surface area (Å²) in [6.07, 6.45) is -2.98. The molecule has 224 valence electrons. The molecule has 1 fully saturated rings. The van der Waals surface area contributed by atoms with Gasteiger partial charge >= 0.3 is 0 Å². The maximum atomic E-state index is 13.8. The largest absolute Gasteiger partial charge is 0.507 e. The van der Waals surface area contributed by atoms with Crippen LogP contribution in [0.5, 0.6) is 17.2 Å². The minimum absolute atomic E-state index is 0.0144. The van der Waals surface area contributed by atoms with Gasteiger partial charge in [0.1, 0.15) is 29.0 Å². The van der Waals surface area contributed by atoms with E-state index in [9.17, 15) is 34.8 Å². The summed E-state index contributed by atoms with van der Waals surface area (Å²) in [7, 11) is 4.91. The van der Waals surface area contributed by atoms with E-state index in [1.54, 1.807) is 32.3 Å². The van der Waals surface area contributed by atoms with Gasteiger partial charge in [0.2, 0.25) is 5.78 Å². The zero-order valence-corrected chi connectivity index (χ0v) is 24.0. The molecule has 1 saturated heterocycles. The van der Waals surface area contributed by atoms with Gasteiger partial charge in [0, 0.05) is 50.0 Å². The Balaban J connectivity index is 1.63. The van der Waals surface area contributed by atoms with Crippen molar-refractivity contribution in [3.8, 4) is 17.2 Å². The number of ether oxygens (including phenoxy) is 3. The molecule has 0 bridgehead atoms. The first-order valence-electron chi connectivity index (χ1n) is 13.6. The first-order valence-corrected chi connectivity index (χ1v) is 13.6. The van der Waals surface area contributed by atoms with Crippen molar-refractivity contribution in [2.45, 2.75) is 69.4 Å². The van der Waals surface area contributed by atoms with Crippen LogP contribution in [0, 0.1) is 0 Å². The zero-order chi connectivity index (χ0) is 30.7. The Bertz CT molecular complexity index is 1500. The molecule has 1 heterocycles. The van der Waals surface area contributed by atoms with Gasteiger partial charge in [0.25, 0.3) is 0 Å². The quantitative estimate of drug-likeness (QED) is 0.189. The maximum Gasteiger partial charge on any atom is 0.202 e. The predicted molar refractivity (Wildman–Crippen MR) is 148 cm³/mol. The molecular weight excluding hydrogens is 548 g/mol. The topological polar surface area (TPSA) is 175 Å². The molecule has 0 radical (unpaired) electrons. The van der Waals surface area contributed by atoms with E-state index in [-0.39, 0.29) is 40.8 Å². The van der Waals surface area contributed by atoms with Crippen LogP contribution in [0.4, 0.5) is 0 Å². The van der Waals surface area contributed by atoms with Crippen molar-refractivity contribution in [3.05, 3.63) is 51.6 Å². The molecule has 6 unspecified atom stereocenters. The Kier molecular flexibility index (Phi) is 7.60. The van der Waals surface area contributed by atoms with Crippen LogP contribution in [0.1, 0.15) is 75.8 Å². The van der Waals surface area contributed by atoms with Gasteiger partial charge < -0.3 is 39.5 Å². The number of aromatic hydroxyl groups is 2. The Hall–Kier alpha value is -3.84. The molecule has 2 aromatic carbocycles. The lowest BCUT2D eigenvalue weighted by atomic mass is 9.72. The summed E-state index contributed by atoms with van der Waals surface area (Å²) in [5.41, 5.74) is -3.04. The van der Waals surface area contributed by atoms with Gasteiger partial charge in [-0.3, -0.25) is 19.4 Å². The first kappa shape index (κ1) is 29.6. The molecule has 0 saturated carbocycles. The van der Waals surface area contributed by atoms with Gasteiger partial charge in [-0.25, -0.2) is 0 Å². The summed E-state index contributed by atoms with van der Waals surface area (Å²) in [5.74, 6) is -3.17. The minimum Gasteiger partial charge on any atom is -0.507 e. The Morgan fingerprint density at radius 2 is 1.83 bits per heavy atom. The Morgan fingerprint density at radius 1 is 1.14 bits per heavy atom. The summed E-state index contributed by atoms with van der Waals surface area (Å²) in [6, 6.07) is 3.85. The molecule has 6 atom stereocenters. The zero-order valence-electron chi connectivity index (χ0n) is 24.0. The summed E-state index contributed by atoms with van der Waals surface area (Å²) in [4.78, 5) is 46.1. The standard InChI is InChI=1S/C30H34N2O10/c1-13-25(34)17(31-12-32(3)4)9-20(41-13)42-19-11-30(39,14(2)33)10-16-22(19)29(38)24-23(27(16)36)26(35)15-7-6-8-18(40-5)21(15)28(24)37/h6-8,12-13,17,19-20,25,34,36,38-39H,9-11H2,1-5H3. The SMILES string of the molecule is COc1cccc2c1C(=O)c1c(O)c3c(c(O)c1C2=O)CC(O)(C(C)=O)CC3OC1CC(N=CN(C)C)C(O)C(C)O1. The van der Waals surface area contributed by atoms with Crippen LogP contribution >= 0.6 is 0 Å². The van der Waals surface area contributed by atoms with E-state index in [2.05, 4.69) is 4.99 Å². The highest BCUT2D eigenvalue weighted by Gasteiger charge is 2.49. The molecule has 42 heavy (non-hydrogen) atoms. The molecule has 2 aliphatic carbocycles. The minimum atomic E-state index is -2.01. The number of nitrogens with zero attached hydrogens (tertiary/aromatic N) is 2. The lowest BCUT2D eigenvalue weighted by Gasteiger charge is -2.42. The van der Waals surface area contributed by atoms with Gasteiger partial charge in [-0.15, -0.1) is 0 Å². The summed E-state index contributed by atoms with van der Waals surface area (Å²) >= 11 is 0. The van der Waals surface area contributed by atoms with E-state index >= 15 is 0 Å². The number of rotatable bonds is 6. The number of fused-ring (bicyclic) bond motifs is 3. The number of ketones is 3. The second kappa shape index (κ2) is 10.8. The van der Waals surface area contributed by atoms with Crippen molar-refractivity contribution in [2.24, 2.45) is 4.99 Å². The van der Waals surface area contributed by atoms with Crippen LogP contribution in [0.15, 0.2) is 23.2 Å². The average Bonchev–Trinajstić information content (AvgIpc) is 2.93. The molecule has 12 heteroatoms. The average molecular weight is 583 g/mol. The van der Waals surface area contributed by atoms with E-state index in [0.29, 0.717) is 0 Å². The molecule has 2 aromatic rings. The lowest BCUT2D eigenvalue weighted by molar-refractivity contribution is -0.246. The number of phenolic OH excluding ortho intramolecular Hbond substituents is 2. The highest BCUT2D eigenvalue weighted by Crippen LogP contribution is 2.52. The van der Waals surface area contributed by atoms with Crippen LogP contribution in [-0.2, 0) is 20.7 Å². The smallest absolute Gasteiger partial charge is 0.202 e. The summed E-state index contributed by atoms with van der Waals surface area (Å²) < 4.78 is 17.4. The third-order valence-electron chi connectivity index (χ3n) is 8.21. The van der Waals surface area contributed by atoms with Crippen LogP contribution in [0.25, 0.3) is 0 Å². The lowest BCUT2D eigenvalue weighted by Crippen LogP contribution is -2.49. The van der Waals surface area contributed by atoms with Gasteiger partial charge in [-0.1, -0.05) is 12.1 Å². The van der Waals surface area contributed by atoms with Crippen molar-refractivity contribution in [1.29, 1.82) is 0 Å². The second-order valence-electron chi connectivity index (χ2n) is 11.3. The van der Waals surface area contributed by atoms with Crippen molar-refractivity contribution in [2.75, 3.05) is 21.2 Å². The van der Waals surface area contributed by atoms with Crippen molar-refractivity contribution < 1.29 is 49.0 Å². The second-order valence-corrected chi connectivity index (χ2v) is 11.3. The highest BCUT2D eigenvalue weighted by atomic mass is 16.7. The van der Waals surface area contributed by atoms with E-state index in [0.717, 1.165) is 0 Å². The number of Topliss-reactive ketones (excluding diaryl/α,β-unsaturated/α-hetero) is 1. The van der Waals surface area contributed by atoms with Crippen molar-refractivity contribution in [1.82, 2.24) is 4.90 Å². The van der Waals surface area contributed by atoms with E-state index in [1.165, 1.54) is 32.2 Å². The van der Waals surface area contributed by atoms with E-state index in [1.807, 2.05) is 0 Å². The van der Waals surface area contributed by atoms with Gasteiger partial charge in [-0.05, 0) is 19.9 Å².